The summed E-state index contributed by atoms with van der Waals surface area (Å²) >= 11 is 3.33. The fourth-order valence-electron chi connectivity index (χ4n) is 1.63. The van der Waals surface area contributed by atoms with Crippen molar-refractivity contribution in [2.45, 2.75) is 13.5 Å². The minimum absolute atomic E-state index is 0.00111. The quantitative estimate of drug-likeness (QED) is 0.689. The smallest absolute Gasteiger partial charge is 0.291 e. The Labute approximate surface area is 117 Å². The Balaban J connectivity index is 2.17. The van der Waals surface area contributed by atoms with Crippen LogP contribution >= 0.6 is 15.9 Å². The number of hydrogen-bond acceptors (Lipinski definition) is 5. The zero-order chi connectivity index (χ0) is 14.0. The number of rotatable bonds is 4. The zero-order valence-electron chi connectivity index (χ0n) is 10.4. The van der Waals surface area contributed by atoms with Crippen LogP contribution in [0.15, 0.2) is 23.1 Å². The summed E-state index contributed by atoms with van der Waals surface area (Å²) in [6.07, 6.45) is 4.89. The van der Waals surface area contributed by atoms with Gasteiger partial charge in [-0.1, -0.05) is 0 Å². The summed E-state index contributed by atoms with van der Waals surface area (Å²) < 4.78 is 2.31. The standard InChI is InChI=1S/C11H12BrN5O2/c1-7-9(17(18)19)5-14-11(10(7)12)13-3-8-4-15-16(2)6-8/h4-6H,3H2,1-2H3,(H,13,14). The largest absolute Gasteiger partial charge is 0.365 e. The molecule has 0 bridgehead atoms. The van der Waals surface area contributed by atoms with Crippen LogP contribution in [0.2, 0.25) is 0 Å². The Morgan fingerprint density at radius 1 is 1.53 bits per heavy atom. The molecular weight excluding hydrogens is 314 g/mol. The van der Waals surface area contributed by atoms with E-state index in [1.54, 1.807) is 17.8 Å². The highest BCUT2D eigenvalue weighted by Crippen LogP contribution is 2.30. The maximum atomic E-state index is 10.8. The molecule has 0 amide bonds. The molecule has 0 saturated carbocycles. The van der Waals surface area contributed by atoms with Crippen molar-refractivity contribution in [3.05, 3.63) is 44.3 Å². The van der Waals surface area contributed by atoms with Gasteiger partial charge in [0.15, 0.2) is 0 Å². The van der Waals surface area contributed by atoms with Crippen LogP contribution in [0.5, 0.6) is 0 Å². The van der Waals surface area contributed by atoms with Gasteiger partial charge in [0.25, 0.3) is 5.69 Å². The number of anilines is 1. The summed E-state index contributed by atoms with van der Waals surface area (Å²) in [5, 5.41) is 18.0. The van der Waals surface area contributed by atoms with E-state index in [2.05, 4.69) is 31.3 Å². The number of aryl methyl sites for hydroxylation is 1. The number of aromatic nitrogens is 3. The second kappa shape index (κ2) is 5.35. The van der Waals surface area contributed by atoms with E-state index in [0.717, 1.165) is 5.56 Å². The Hall–Kier alpha value is -1.96. The Morgan fingerprint density at radius 3 is 2.84 bits per heavy atom. The monoisotopic (exact) mass is 325 g/mol. The van der Waals surface area contributed by atoms with Crippen molar-refractivity contribution in [3.8, 4) is 0 Å². The summed E-state index contributed by atoms with van der Waals surface area (Å²) in [7, 11) is 1.84. The average Bonchev–Trinajstić information content (AvgIpc) is 2.76. The molecule has 0 fully saturated rings. The molecule has 0 saturated heterocycles. The fraction of sp³-hybridized carbons (Fsp3) is 0.273. The van der Waals surface area contributed by atoms with Gasteiger partial charge in [-0.2, -0.15) is 5.10 Å². The zero-order valence-corrected chi connectivity index (χ0v) is 12.0. The van der Waals surface area contributed by atoms with Gasteiger partial charge in [-0.05, 0) is 22.9 Å². The molecule has 1 N–H and O–H groups in total. The lowest BCUT2D eigenvalue weighted by molar-refractivity contribution is -0.385. The molecule has 7 nitrogen and oxygen atoms in total. The first-order valence-corrected chi connectivity index (χ1v) is 6.29. The van der Waals surface area contributed by atoms with E-state index in [1.807, 2.05) is 13.2 Å². The van der Waals surface area contributed by atoms with Crippen LogP contribution in [0.25, 0.3) is 0 Å². The Kier molecular flexibility index (Phi) is 3.79. The summed E-state index contributed by atoms with van der Waals surface area (Å²) in [6.45, 7) is 2.23. The van der Waals surface area contributed by atoms with Gasteiger partial charge in [0.05, 0.1) is 15.6 Å². The Bertz CT molecular complexity index is 626. The van der Waals surface area contributed by atoms with Crippen LogP contribution < -0.4 is 5.32 Å². The molecule has 0 unspecified atom stereocenters. The van der Waals surface area contributed by atoms with Gasteiger partial charge in [-0.25, -0.2) is 4.98 Å². The van der Waals surface area contributed by atoms with Crippen LogP contribution in [0, 0.1) is 17.0 Å². The summed E-state index contributed by atoms with van der Waals surface area (Å²) in [5.41, 5.74) is 1.56. The predicted octanol–water partition coefficient (Wildman–Crippen LogP) is 2.41. The van der Waals surface area contributed by atoms with Gasteiger partial charge in [0.2, 0.25) is 0 Å². The summed E-state index contributed by atoms with van der Waals surface area (Å²) in [6, 6.07) is 0. The second-order valence-corrected chi connectivity index (χ2v) is 4.86. The van der Waals surface area contributed by atoms with Crippen molar-refractivity contribution in [3.63, 3.8) is 0 Å². The van der Waals surface area contributed by atoms with E-state index in [9.17, 15) is 10.1 Å². The molecule has 19 heavy (non-hydrogen) atoms. The van der Waals surface area contributed by atoms with Gasteiger partial charge in [-0.3, -0.25) is 14.8 Å². The molecule has 0 atom stereocenters. The lowest BCUT2D eigenvalue weighted by Gasteiger charge is -2.08. The summed E-state index contributed by atoms with van der Waals surface area (Å²) in [4.78, 5) is 14.4. The predicted molar refractivity (Wildman–Crippen MR) is 73.9 cm³/mol. The topological polar surface area (TPSA) is 85.9 Å². The van der Waals surface area contributed by atoms with E-state index in [0.29, 0.717) is 22.4 Å². The molecule has 0 aliphatic carbocycles. The van der Waals surface area contributed by atoms with Gasteiger partial charge in [0.1, 0.15) is 12.0 Å². The lowest BCUT2D eigenvalue weighted by Crippen LogP contribution is -2.04. The first kappa shape index (κ1) is 13.5. The molecule has 100 valence electrons. The van der Waals surface area contributed by atoms with Gasteiger partial charge < -0.3 is 5.32 Å². The van der Waals surface area contributed by atoms with E-state index in [1.165, 1.54) is 6.20 Å². The average molecular weight is 326 g/mol. The number of pyridine rings is 1. The van der Waals surface area contributed by atoms with Crippen molar-refractivity contribution < 1.29 is 4.92 Å². The lowest BCUT2D eigenvalue weighted by atomic mass is 10.2. The molecular formula is C11H12BrN5O2. The molecule has 2 aromatic rings. The number of nitrogens with zero attached hydrogens (tertiary/aromatic N) is 4. The van der Waals surface area contributed by atoms with E-state index >= 15 is 0 Å². The highest BCUT2D eigenvalue weighted by atomic mass is 79.9. The van der Waals surface area contributed by atoms with Crippen LogP contribution in [0.4, 0.5) is 11.5 Å². The van der Waals surface area contributed by atoms with E-state index in [-0.39, 0.29) is 5.69 Å². The van der Waals surface area contributed by atoms with Crippen molar-refractivity contribution in [2.75, 3.05) is 5.32 Å². The van der Waals surface area contributed by atoms with Crippen molar-refractivity contribution in [2.24, 2.45) is 7.05 Å². The number of hydrogen-bond donors (Lipinski definition) is 1. The van der Waals surface area contributed by atoms with Crippen molar-refractivity contribution >= 4 is 27.4 Å². The second-order valence-electron chi connectivity index (χ2n) is 4.06. The SMILES string of the molecule is Cc1c([N+](=O)[O-])cnc(NCc2cnn(C)c2)c1Br. The number of nitrogens with one attached hydrogen (secondary N) is 1. The maximum absolute atomic E-state index is 10.8. The maximum Gasteiger partial charge on any atom is 0.291 e. The van der Waals surface area contributed by atoms with Gasteiger partial charge in [-0.15, -0.1) is 0 Å². The molecule has 0 aliphatic rings. The highest BCUT2D eigenvalue weighted by Gasteiger charge is 2.16. The van der Waals surface area contributed by atoms with E-state index in [4.69, 9.17) is 0 Å². The Morgan fingerprint density at radius 2 is 2.26 bits per heavy atom. The van der Waals surface area contributed by atoms with Crippen molar-refractivity contribution in [1.29, 1.82) is 0 Å². The third-order valence-electron chi connectivity index (χ3n) is 2.65. The first-order valence-electron chi connectivity index (χ1n) is 5.50. The number of halogens is 1. The molecule has 0 aliphatic heterocycles. The van der Waals surface area contributed by atoms with Crippen LogP contribution in [0.3, 0.4) is 0 Å². The van der Waals surface area contributed by atoms with Crippen LogP contribution in [-0.2, 0) is 13.6 Å². The fourth-order valence-corrected chi connectivity index (χ4v) is 2.07. The van der Waals surface area contributed by atoms with E-state index < -0.39 is 4.92 Å². The molecule has 0 radical (unpaired) electrons. The summed E-state index contributed by atoms with van der Waals surface area (Å²) in [5.74, 6) is 0.576. The molecule has 8 heteroatoms. The molecule has 2 heterocycles. The number of nitro groups is 1. The molecule has 2 rings (SSSR count). The minimum Gasteiger partial charge on any atom is -0.365 e. The van der Waals surface area contributed by atoms with Gasteiger partial charge in [0, 0.05) is 30.9 Å². The highest BCUT2D eigenvalue weighted by molar-refractivity contribution is 9.10. The third kappa shape index (κ3) is 2.90. The van der Waals surface area contributed by atoms with Gasteiger partial charge >= 0.3 is 0 Å². The van der Waals surface area contributed by atoms with Crippen LogP contribution in [0.1, 0.15) is 11.1 Å². The molecule has 0 spiro atoms. The molecule has 2 aromatic heterocycles. The first-order chi connectivity index (χ1) is 8.99. The van der Waals surface area contributed by atoms with Crippen LogP contribution in [-0.4, -0.2) is 19.7 Å². The minimum atomic E-state index is -0.446. The normalized spacial score (nSPS) is 10.5. The van der Waals surface area contributed by atoms with Crippen molar-refractivity contribution in [1.82, 2.24) is 14.8 Å². The molecule has 0 aromatic carbocycles. The third-order valence-corrected chi connectivity index (χ3v) is 3.62.